The van der Waals surface area contributed by atoms with Gasteiger partial charge in [-0.1, -0.05) is 18.2 Å². The number of para-hydroxylation sites is 1. The molecule has 0 N–H and O–H groups in total. The van der Waals surface area contributed by atoms with Crippen LogP contribution < -0.4 is 0 Å². The first kappa shape index (κ1) is 17.2. The molecule has 1 aromatic carbocycles. The molecule has 0 unspecified atom stereocenters. The van der Waals surface area contributed by atoms with Crippen molar-refractivity contribution in [3.63, 3.8) is 0 Å². The molecule has 0 saturated carbocycles. The van der Waals surface area contributed by atoms with Gasteiger partial charge in [-0.15, -0.1) is 0 Å². The minimum Gasteiger partial charge on any atom is -0.309 e. The summed E-state index contributed by atoms with van der Waals surface area (Å²) in [5.41, 5.74) is 2.05. The number of hydrogen-bond donors (Lipinski definition) is 0. The van der Waals surface area contributed by atoms with Crippen LogP contribution in [0, 0.1) is 0 Å². The molecular formula is C16H25N2O3P. The molecule has 0 aliphatic rings. The van der Waals surface area contributed by atoms with E-state index in [0.29, 0.717) is 13.2 Å². The third-order valence-corrected chi connectivity index (χ3v) is 5.48. The highest BCUT2D eigenvalue weighted by Gasteiger charge is 2.29. The fourth-order valence-electron chi connectivity index (χ4n) is 2.47. The molecule has 22 heavy (non-hydrogen) atoms. The summed E-state index contributed by atoms with van der Waals surface area (Å²) >= 11 is 0. The molecule has 0 aliphatic carbocycles. The third-order valence-electron chi connectivity index (χ3n) is 3.45. The van der Waals surface area contributed by atoms with E-state index in [1.807, 2.05) is 52.3 Å². The van der Waals surface area contributed by atoms with Crippen molar-refractivity contribution in [2.75, 3.05) is 33.9 Å². The first-order valence-corrected chi connectivity index (χ1v) is 9.15. The summed E-state index contributed by atoms with van der Waals surface area (Å²) in [5, 5.41) is 1.10. The van der Waals surface area contributed by atoms with Crippen molar-refractivity contribution in [1.82, 2.24) is 9.24 Å². The standard InChI is InChI=1S/C16H25N2O3P/c1-5-20-22(19,21-6-2)18-13-14(11-12-17(3)4)15-9-7-8-10-16(15)18/h7-10,13H,5-6,11-12H2,1-4H3. The molecule has 122 valence electrons. The van der Waals surface area contributed by atoms with Gasteiger partial charge < -0.3 is 4.90 Å². The van der Waals surface area contributed by atoms with Crippen LogP contribution in [0.4, 0.5) is 0 Å². The number of nitrogens with zero attached hydrogens (tertiary/aromatic N) is 2. The Hall–Kier alpha value is -1.13. The summed E-state index contributed by atoms with van der Waals surface area (Å²) in [7, 11) is 0.751. The highest BCUT2D eigenvalue weighted by Crippen LogP contribution is 2.52. The maximum absolute atomic E-state index is 13.1. The summed E-state index contributed by atoms with van der Waals surface area (Å²) < 4.78 is 25.7. The van der Waals surface area contributed by atoms with Crippen molar-refractivity contribution in [3.8, 4) is 0 Å². The second-order valence-corrected chi connectivity index (χ2v) is 7.26. The monoisotopic (exact) mass is 324 g/mol. The zero-order valence-electron chi connectivity index (χ0n) is 13.8. The van der Waals surface area contributed by atoms with E-state index < -0.39 is 7.75 Å². The Bertz CT molecular complexity index is 656. The van der Waals surface area contributed by atoms with Crippen molar-refractivity contribution in [1.29, 1.82) is 0 Å². The van der Waals surface area contributed by atoms with Crippen LogP contribution >= 0.6 is 7.75 Å². The Morgan fingerprint density at radius 2 is 1.77 bits per heavy atom. The molecule has 6 heteroatoms. The van der Waals surface area contributed by atoms with Gasteiger partial charge in [-0.3, -0.25) is 13.4 Å². The quantitative estimate of drug-likeness (QED) is 0.693. The van der Waals surface area contributed by atoms with E-state index in [2.05, 4.69) is 11.0 Å². The fraction of sp³-hybridized carbons (Fsp3) is 0.500. The van der Waals surface area contributed by atoms with Crippen molar-refractivity contribution in [2.45, 2.75) is 20.3 Å². The van der Waals surface area contributed by atoms with E-state index in [1.54, 1.807) is 4.34 Å². The van der Waals surface area contributed by atoms with Gasteiger partial charge in [0, 0.05) is 18.1 Å². The van der Waals surface area contributed by atoms with E-state index in [1.165, 1.54) is 0 Å². The molecule has 0 saturated heterocycles. The van der Waals surface area contributed by atoms with E-state index in [9.17, 15) is 4.57 Å². The number of fused-ring (bicyclic) bond motifs is 1. The minimum atomic E-state index is -3.34. The molecule has 0 radical (unpaired) electrons. The molecule has 0 amide bonds. The minimum absolute atomic E-state index is 0.344. The first-order valence-electron chi connectivity index (χ1n) is 7.65. The maximum atomic E-state index is 13.1. The zero-order valence-corrected chi connectivity index (χ0v) is 14.7. The molecular weight excluding hydrogens is 299 g/mol. The van der Waals surface area contributed by atoms with Gasteiger partial charge in [0.2, 0.25) is 0 Å². The van der Waals surface area contributed by atoms with Crippen LogP contribution in [0.25, 0.3) is 10.9 Å². The Labute approximate surface area is 132 Å². The Balaban J connectivity index is 2.51. The number of benzene rings is 1. The smallest absolute Gasteiger partial charge is 0.309 e. The second-order valence-electron chi connectivity index (χ2n) is 5.37. The molecule has 2 rings (SSSR count). The van der Waals surface area contributed by atoms with Crippen LogP contribution in [0.3, 0.4) is 0 Å². The lowest BCUT2D eigenvalue weighted by Crippen LogP contribution is -2.14. The van der Waals surface area contributed by atoms with Crippen LogP contribution in [-0.2, 0) is 20.0 Å². The summed E-state index contributed by atoms with van der Waals surface area (Å²) in [5.74, 6) is 0. The Morgan fingerprint density at radius 1 is 1.14 bits per heavy atom. The zero-order chi connectivity index (χ0) is 16.2. The maximum Gasteiger partial charge on any atom is 0.439 e. The summed E-state index contributed by atoms with van der Waals surface area (Å²) in [4.78, 5) is 2.14. The lowest BCUT2D eigenvalue weighted by atomic mass is 10.1. The van der Waals surface area contributed by atoms with Crippen LogP contribution in [0.15, 0.2) is 30.5 Å². The van der Waals surface area contributed by atoms with Crippen molar-refractivity contribution in [2.24, 2.45) is 0 Å². The van der Waals surface area contributed by atoms with E-state index in [-0.39, 0.29) is 0 Å². The summed E-state index contributed by atoms with van der Waals surface area (Å²) in [6.07, 6.45) is 2.80. The molecule has 0 bridgehead atoms. The van der Waals surface area contributed by atoms with Crippen molar-refractivity contribution >= 4 is 18.6 Å². The molecule has 5 nitrogen and oxygen atoms in total. The predicted molar refractivity (Wildman–Crippen MR) is 90.5 cm³/mol. The average Bonchev–Trinajstić information content (AvgIpc) is 2.85. The number of likely N-dealkylation sites (N-methyl/N-ethyl adjacent to an activating group) is 1. The van der Waals surface area contributed by atoms with Gasteiger partial charge in [0.15, 0.2) is 0 Å². The second kappa shape index (κ2) is 7.42. The van der Waals surface area contributed by atoms with E-state index in [0.717, 1.165) is 29.4 Å². The normalized spacial score (nSPS) is 12.4. The largest absolute Gasteiger partial charge is 0.439 e. The van der Waals surface area contributed by atoms with Crippen molar-refractivity contribution in [3.05, 3.63) is 36.0 Å². The van der Waals surface area contributed by atoms with E-state index in [4.69, 9.17) is 9.05 Å². The number of rotatable bonds is 8. The third kappa shape index (κ3) is 3.61. The average molecular weight is 324 g/mol. The van der Waals surface area contributed by atoms with Gasteiger partial charge in [0.05, 0.1) is 18.7 Å². The number of aromatic nitrogens is 1. The van der Waals surface area contributed by atoms with Crippen LogP contribution in [0.5, 0.6) is 0 Å². The highest BCUT2D eigenvalue weighted by molar-refractivity contribution is 7.52. The highest BCUT2D eigenvalue weighted by atomic mass is 31.2. The van der Waals surface area contributed by atoms with Crippen LogP contribution in [0.2, 0.25) is 0 Å². The topological polar surface area (TPSA) is 43.7 Å². The molecule has 0 aliphatic heterocycles. The molecule has 2 aromatic rings. The van der Waals surface area contributed by atoms with Crippen LogP contribution in [0.1, 0.15) is 19.4 Å². The fourth-order valence-corrected chi connectivity index (χ4v) is 4.16. The summed E-state index contributed by atoms with van der Waals surface area (Å²) in [6.45, 7) is 5.27. The molecule has 1 heterocycles. The number of hydrogen-bond acceptors (Lipinski definition) is 4. The molecule has 1 aromatic heterocycles. The van der Waals surface area contributed by atoms with Gasteiger partial charge in [-0.05, 0) is 46.0 Å². The molecule has 0 spiro atoms. The first-order chi connectivity index (χ1) is 10.5. The van der Waals surface area contributed by atoms with Gasteiger partial charge in [-0.2, -0.15) is 0 Å². The molecule has 0 fully saturated rings. The predicted octanol–water partition coefficient (Wildman–Crippen LogP) is 3.77. The van der Waals surface area contributed by atoms with Crippen LogP contribution in [-0.4, -0.2) is 43.1 Å². The van der Waals surface area contributed by atoms with Crippen molar-refractivity contribution < 1.29 is 13.6 Å². The lowest BCUT2D eigenvalue weighted by Gasteiger charge is -2.18. The summed E-state index contributed by atoms with van der Waals surface area (Å²) in [6, 6.07) is 7.95. The van der Waals surface area contributed by atoms with E-state index >= 15 is 0 Å². The SMILES string of the molecule is CCOP(=O)(OCC)n1cc(CCN(C)C)c2ccccc21. The van der Waals surface area contributed by atoms with Gasteiger partial charge >= 0.3 is 7.75 Å². The Kier molecular flexibility index (Phi) is 5.81. The Morgan fingerprint density at radius 3 is 2.36 bits per heavy atom. The molecule has 0 atom stereocenters. The van der Waals surface area contributed by atoms with Gasteiger partial charge in [-0.25, -0.2) is 4.57 Å². The van der Waals surface area contributed by atoms with Gasteiger partial charge in [0.1, 0.15) is 0 Å². The lowest BCUT2D eigenvalue weighted by molar-refractivity contribution is 0.213. The van der Waals surface area contributed by atoms with Gasteiger partial charge in [0.25, 0.3) is 0 Å².